The van der Waals surface area contributed by atoms with E-state index >= 15 is 0 Å². The van der Waals surface area contributed by atoms with Gasteiger partial charge in [0.1, 0.15) is 0 Å². The molecule has 0 radical (unpaired) electrons. The van der Waals surface area contributed by atoms with E-state index in [2.05, 4.69) is 11.6 Å². The van der Waals surface area contributed by atoms with E-state index in [0.717, 1.165) is 16.8 Å². The zero-order chi connectivity index (χ0) is 9.68. The third-order valence-corrected chi connectivity index (χ3v) is 1.90. The van der Waals surface area contributed by atoms with Gasteiger partial charge < -0.3 is 5.73 Å². The lowest BCUT2D eigenvalue weighted by molar-refractivity contribution is 1.03. The maximum absolute atomic E-state index is 5.60. The van der Waals surface area contributed by atoms with E-state index in [1.54, 1.807) is 12.3 Å². The number of nitrogens with two attached hydrogens (primary N) is 1. The molecule has 0 saturated heterocycles. The topological polar surface area (TPSA) is 38.9 Å². The summed E-state index contributed by atoms with van der Waals surface area (Å²) in [5.74, 6) is 0. The largest absolute Gasteiger partial charge is 0.326 e. The van der Waals surface area contributed by atoms with Crippen LogP contribution >= 0.6 is 0 Å². The van der Waals surface area contributed by atoms with Gasteiger partial charge in [0.15, 0.2) is 0 Å². The molecule has 1 aromatic rings. The van der Waals surface area contributed by atoms with Gasteiger partial charge in [-0.15, -0.1) is 0 Å². The smallest absolute Gasteiger partial charge is 0.0448 e. The Labute approximate surface area is 78.8 Å². The van der Waals surface area contributed by atoms with Crippen LogP contribution < -0.4 is 5.73 Å². The van der Waals surface area contributed by atoms with Crippen LogP contribution in [-0.4, -0.2) is 4.98 Å². The van der Waals surface area contributed by atoms with Gasteiger partial charge in [0, 0.05) is 24.0 Å². The highest BCUT2D eigenvalue weighted by atomic mass is 14.7. The molecule has 0 saturated carbocycles. The molecule has 68 valence electrons. The third kappa shape index (κ3) is 2.26. The number of hydrogen-bond acceptors (Lipinski definition) is 2. The van der Waals surface area contributed by atoms with E-state index in [0.29, 0.717) is 6.54 Å². The Morgan fingerprint density at radius 1 is 1.62 bits per heavy atom. The van der Waals surface area contributed by atoms with E-state index in [1.165, 1.54) is 0 Å². The third-order valence-electron chi connectivity index (χ3n) is 1.90. The molecular weight excluding hydrogens is 160 g/mol. The van der Waals surface area contributed by atoms with Crippen molar-refractivity contribution in [2.45, 2.75) is 13.5 Å². The van der Waals surface area contributed by atoms with Crippen LogP contribution in [-0.2, 0) is 6.54 Å². The number of hydrogen-bond donors (Lipinski definition) is 1. The summed E-state index contributed by atoms with van der Waals surface area (Å²) < 4.78 is 0. The summed E-state index contributed by atoms with van der Waals surface area (Å²) in [6.45, 7) is 6.14. The minimum Gasteiger partial charge on any atom is -0.326 e. The molecule has 0 aliphatic heterocycles. The molecule has 0 spiro atoms. The number of pyridine rings is 1. The predicted molar refractivity (Wildman–Crippen MR) is 56.1 cm³/mol. The van der Waals surface area contributed by atoms with E-state index < -0.39 is 0 Å². The normalized spacial score (nSPS) is 10.6. The maximum atomic E-state index is 5.60. The lowest BCUT2D eigenvalue weighted by Gasteiger charge is -2.04. The number of allylic oxidation sites excluding steroid dienone is 2. The van der Waals surface area contributed by atoms with Gasteiger partial charge in [-0.05, 0) is 18.6 Å². The van der Waals surface area contributed by atoms with Gasteiger partial charge in [-0.2, -0.15) is 0 Å². The molecule has 2 nitrogen and oxygen atoms in total. The predicted octanol–water partition coefficient (Wildman–Crippen LogP) is 2.05. The quantitative estimate of drug-likeness (QED) is 0.712. The SMILES string of the molecule is C=C/C=C\c1c(CN)ccnc1C. The number of rotatable bonds is 3. The highest BCUT2D eigenvalue weighted by Crippen LogP contribution is 2.13. The Hall–Kier alpha value is -1.41. The first-order valence-electron chi connectivity index (χ1n) is 4.23. The van der Waals surface area contributed by atoms with Crippen LogP contribution in [0, 0.1) is 6.92 Å². The van der Waals surface area contributed by atoms with Gasteiger partial charge >= 0.3 is 0 Å². The fraction of sp³-hybridized carbons (Fsp3) is 0.182. The first kappa shape index (κ1) is 9.68. The lowest BCUT2D eigenvalue weighted by atomic mass is 10.1. The zero-order valence-electron chi connectivity index (χ0n) is 7.83. The summed E-state index contributed by atoms with van der Waals surface area (Å²) in [6.07, 6.45) is 7.40. The van der Waals surface area contributed by atoms with Crippen molar-refractivity contribution in [1.29, 1.82) is 0 Å². The van der Waals surface area contributed by atoms with E-state index in [9.17, 15) is 0 Å². The fourth-order valence-corrected chi connectivity index (χ4v) is 1.20. The molecule has 1 rings (SSSR count). The molecule has 2 heteroatoms. The average Bonchev–Trinajstić information content (AvgIpc) is 2.15. The van der Waals surface area contributed by atoms with Crippen LogP contribution in [0.2, 0.25) is 0 Å². The van der Waals surface area contributed by atoms with Crippen molar-refractivity contribution < 1.29 is 0 Å². The second-order valence-corrected chi connectivity index (χ2v) is 2.77. The van der Waals surface area contributed by atoms with Crippen LogP contribution in [0.4, 0.5) is 0 Å². The molecule has 0 bridgehead atoms. The Morgan fingerprint density at radius 3 is 3.00 bits per heavy atom. The summed E-state index contributed by atoms with van der Waals surface area (Å²) >= 11 is 0. The molecule has 1 aromatic heterocycles. The van der Waals surface area contributed by atoms with Crippen molar-refractivity contribution in [3.05, 3.63) is 47.8 Å². The van der Waals surface area contributed by atoms with Crippen LogP contribution in [0.15, 0.2) is 31.0 Å². The van der Waals surface area contributed by atoms with Crippen molar-refractivity contribution in [2.75, 3.05) is 0 Å². The van der Waals surface area contributed by atoms with Gasteiger partial charge in [-0.1, -0.05) is 24.8 Å². The van der Waals surface area contributed by atoms with Gasteiger partial charge in [-0.25, -0.2) is 0 Å². The summed E-state index contributed by atoms with van der Waals surface area (Å²) in [4.78, 5) is 4.20. The molecule has 0 unspecified atom stereocenters. The fourth-order valence-electron chi connectivity index (χ4n) is 1.20. The highest BCUT2D eigenvalue weighted by Gasteiger charge is 2.00. The minimum atomic E-state index is 0.542. The second-order valence-electron chi connectivity index (χ2n) is 2.77. The van der Waals surface area contributed by atoms with Crippen LogP contribution in [0.1, 0.15) is 16.8 Å². The molecule has 0 amide bonds. The van der Waals surface area contributed by atoms with Crippen molar-refractivity contribution >= 4 is 6.08 Å². The maximum Gasteiger partial charge on any atom is 0.0448 e. The van der Waals surface area contributed by atoms with Crippen molar-refractivity contribution in [1.82, 2.24) is 4.98 Å². The van der Waals surface area contributed by atoms with E-state index in [1.807, 2.05) is 25.1 Å². The van der Waals surface area contributed by atoms with Crippen molar-refractivity contribution in [3.63, 3.8) is 0 Å². The number of aryl methyl sites for hydroxylation is 1. The molecule has 0 aliphatic rings. The number of nitrogens with zero attached hydrogens (tertiary/aromatic N) is 1. The molecule has 1 heterocycles. The molecule has 0 aromatic carbocycles. The molecule has 0 atom stereocenters. The van der Waals surface area contributed by atoms with Gasteiger partial charge in [-0.3, -0.25) is 4.98 Å². The van der Waals surface area contributed by atoms with Crippen LogP contribution in [0.5, 0.6) is 0 Å². The summed E-state index contributed by atoms with van der Waals surface area (Å²) in [5, 5.41) is 0. The Morgan fingerprint density at radius 2 is 2.38 bits per heavy atom. The molecule has 0 fully saturated rings. The lowest BCUT2D eigenvalue weighted by Crippen LogP contribution is -2.01. The molecule has 0 aliphatic carbocycles. The summed E-state index contributed by atoms with van der Waals surface area (Å²) in [7, 11) is 0. The van der Waals surface area contributed by atoms with E-state index in [4.69, 9.17) is 5.73 Å². The molecular formula is C11H14N2. The first-order chi connectivity index (χ1) is 6.29. The Kier molecular flexibility index (Phi) is 3.41. The summed E-state index contributed by atoms with van der Waals surface area (Å²) in [5.41, 5.74) is 8.82. The number of aromatic nitrogens is 1. The van der Waals surface area contributed by atoms with E-state index in [-0.39, 0.29) is 0 Å². The Bertz CT molecular complexity index is 327. The zero-order valence-corrected chi connectivity index (χ0v) is 7.83. The standard InChI is InChI=1S/C11H14N2/c1-3-4-5-11-9(2)13-7-6-10(11)8-12/h3-7H,1,8,12H2,2H3/b5-4-. The molecule has 13 heavy (non-hydrogen) atoms. The molecule has 2 N–H and O–H groups in total. The average molecular weight is 174 g/mol. The Balaban J connectivity index is 3.14. The highest BCUT2D eigenvalue weighted by molar-refractivity contribution is 5.57. The van der Waals surface area contributed by atoms with Gasteiger partial charge in [0.05, 0.1) is 0 Å². The minimum absolute atomic E-state index is 0.542. The van der Waals surface area contributed by atoms with Crippen LogP contribution in [0.25, 0.3) is 6.08 Å². The summed E-state index contributed by atoms with van der Waals surface area (Å²) in [6, 6.07) is 1.94. The second kappa shape index (κ2) is 4.58. The first-order valence-corrected chi connectivity index (χ1v) is 4.23. The van der Waals surface area contributed by atoms with Gasteiger partial charge in [0.2, 0.25) is 0 Å². The van der Waals surface area contributed by atoms with Crippen molar-refractivity contribution in [2.24, 2.45) is 5.73 Å². The monoisotopic (exact) mass is 174 g/mol. The van der Waals surface area contributed by atoms with Gasteiger partial charge in [0.25, 0.3) is 0 Å². The van der Waals surface area contributed by atoms with Crippen molar-refractivity contribution in [3.8, 4) is 0 Å². The van der Waals surface area contributed by atoms with Crippen LogP contribution in [0.3, 0.4) is 0 Å².